The Morgan fingerprint density at radius 1 is 0.534 bits per heavy atom. The fraction of sp³-hybridized carbons (Fsp3) is 0.686. The third-order valence-corrected chi connectivity index (χ3v) is 9.43. The van der Waals surface area contributed by atoms with Crippen LogP contribution in [0.1, 0.15) is 49.9 Å². The van der Waals surface area contributed by atoms with E-state index in [9.17, 15) is 74.7 Å². The van der Waals surface area contributed by atoms with Gasteiger partial charge in [-0.3, -0.25) is 34.1 Å². The number of carbonyl (C=O) groups excluding carboxylic acids is 6. The molecule has 9 N–H and O–H groups in total. The summed E-state index contributed by atoms with van der Waals surface area (Å²) in [5.41, 5.74) is 0.629. The van der Waals surface area contributed by atoms with Crippen LogP contribution in [0.4, 0.5) is 0 Å². The van der Waals surface area contributed by atoms with Gasteiger partial charge in [-0.15, -0.1) is 0 Å². The third-order valence-electron chi connectivity index (χ3n) is 9.43. The number of carbonyl (C=O) groups is 6. The fourth-order valence-electron chi connectivity index (χ4n) is 6.25. The number of nitrogens with one attached hydrogen (secondary N) is 3. The SMILES string of the molecule is O=C(CCC(C(=O)[O-])N1CCN(C(CCC(=O)NC(CO)CO)C(=O)[O-])Cc2cccc(n2)CN(C(CCC(=O)NC(CO)CO)C(=O)[O-])CC1)NC(CO)CO.[Gd+3]. The van der Waals surface area contributed by atoms with Crippen molar-refractivity contribution >= 4 is 35.6 Å². The molecular weight excluding hydrogens is 916 g/mol. The van der Waals surface area contributed by atoms with Gasteiger partial charge in [0.2, 0.25) is 17.7 Å². The summed E-state index contributed by atoms with van der Waals surface area (Å²) in [4.78, 5) is 84.3. The first-order valence-corrected chi connectivity index (χ1v) is 18.5. The van der Waals surface area contributed by atoms with Crippen molar-refractivity contribution in [3.05, 3.63) is 29.6 Å². The maximum Gasteiger partial charge on any atom is 3.00 e. The quantitative estimate of drug-likeness (QED) is 0.0464. The second-order valence-electron chi connectivity index (χ2n) is 13.6. The summed E-state index contributed by atoms with van der Waals surface area (Å²) < 4.78 is 0. The summed E-state index contributed by atoms with van der Waals surface area (Å²) in [6.07, 6.45) is -2.09. The van der Waals surface area contributed by atoms with E-state index in [1.165, 1.54) is 14.7 Å². The van der Waals surface area contributed by atoms with Gasteiger partial charge in [0.1, 0.15) is 0 Å². The molecule has 0 aromatic carbocycles. The van der Waals surface area contributed by atoms with Crippen molar-refractivity contribution in [2.45, 2.75) is 87.9 Å². The molecule has 3 unspecified atom stereocenters. The van der Waals surface area contributed by atoms with Crippen LogP contribution in [-0.4, -0.2) is 188 Å². The summed E-state index contributed by atoms with van der Waals surface area (Å²) in [7, 11) is 0. The van der Waals surface area contributed by atoms with Gasteiger partial charge in [0.15, 0.2) is 0 Å². The van der Waals surface area contributed by atoms with Crippen molar-refractivity contribution in [1.29, 1.82) is 0 Å². The Bertz CT molecular complexity index is 1370. The number of fused-ring (bicyclic) bond motifs is 2. The van der Waals surface area contributed by atoms with E-state index in [2.05, 4.69) is 20.9 Å². The second-order valence-corrected chi connectivity index (χ2v) is 13.6. The number of aliphatic hydroxyl groups excluding tert-OH is 6. The van der Waals surface area contributed by atoms with Crippen molar-refractivity contribution in [3.63, 3.8) is 0 Å². The second kappa shape index (κ2) is 28.4. The fourth-order valence-corrected chi connectivity index (χ4v) is 6.25. The van der Waals surface area contributed by atoms with Crippen LogP contribution in [-0.2, 0) is 41.9 Å². The summed E-state index contributed by atoms with van der Waals surface area (Å²) in [5.74, 6) is -6.77. The molecule has 1 radical (unpaired) electrons. The minimum absolute atomic E-state index is 0. The molecule has 1 aliphatic heterocycles. The first-order chi connectivity index (χ1) is 27.2. The van der Waals surface area contributed by atoms with E-state index in [1.807, 2.05) is 0 Å². The standard InChI is InChI=1S/C35H57N7O15.Gd/c43-16-24(17-44)37-30(49)7-4-27(33(52)53)40-10-12-41(28(34(54)55)5-8-31(50)38-25(18-45)19-46)14-22-2-1-3-23(36-22)15-42(13-11-40)29(35(56)57)6-9-32(51)39-26(20-47)21-48;/h1-3,24-29,43-48H,4-21H2,(H,37,49)(H,38,50)(H,39,51)(H,52,53)(H,54,55)(H,56,57);/q;+3/p-3. The molecule has 0 saturated carbocycles. The van der Waals surface area contributed by atoms with Gasteiger partial charge in [-0.1, -0.05) is 6.07 Å². The van der Waals surface area contributed by atoms with Crippen LogP contribution in [0.3, 0.4) is 0 Å². The number of amides is 3. The van der Waals surface area contributed by atoms with Crippen molar-refractivity contribution in [3.8, 4) is 0 Å². The van der Waals surface area contributed by atoms with E-state index in [-0.39, 0.29) is 111 Å². The van der Waals surface area contributed by atoms with Crippen LogP contribution in [0.15, 0.2) is 18.2 Å². The van der Waals surface area contributed by atoms with Crippen LogP contribution in [0.25, 0.3) is 0 Å². The summed E-state index contributed by atoms with van der Waals surface area (Å²) in [6, 6.07) is -2.57. The average Bonchev–Trinajstić information content (AvgIpc) is 3.17. The van der Waals surface area contributed by atoms with Crippen LogP contribution >= 0.6 is 0 Å². The van der Waals surface area contributed by atoms with Crippen molar-refractivity contribution in [2.24, 2.45) is 0 Å². The van der Waals surface area contributed by atoms with Gasteiger partial charge >= 0.3 is 39.9 Å². The molecule has 23 heteroatoms. The van der Waals surface area contributed by atoms with Gasteiger partial charge in [-0.2, -0.15) is 0 Å². The van der Waals surface area contributed by atoms with Gasteiger partial charge in [0, 0.05) is 64.6 Å². The van der Waals surface area contributed by atoms with E-state index in [1.54, 1.807) is 18.2 Å². The molecule has 58 heavy (non-hydrogen) atoms. The molecule has 2 rings (SSSR count). The molecule has 2 bridgehead atoms. The van der Waals surface area contributed by atoms with Crippen LogP contribution in [0.2, 0.25) is 0 Å². The molecule has 0 saturated heterocycles. The van der Waals surface area contributed by atoms with Gasteiger partial charge < -0.3 is 76.3 Å². The van der Waals surface area contributed by atoms with Crippen molar-refractivity contribution in [1.82, 2.24) is 35.6 Å². The molecule has 1 aromatic rings. The Labute approximate surface area is 367 Å². The predicted octanol–water partition coefficient (Wildman–Crippen LogP) is -8.89. The molecule has 0 fully saturated rings. The number of hydrogen-bond donors (Lipinski definition) is 9. The van der Waals surface area contributed by atoms with Gasteiger partial charge in [-0.05, 0) is 31.4 Å². The summed E-state index contributed by atoms with van der Waals surface area (Å²) in [6.45, 7) is -4.54. The molecule has 3 atom stereocenters. The zero-order chi connectivity index (χ0) is 42.5. The number of carboxylic acid groups (broad SMARTS) is 3. The largest absolute Gasteiger partial charge is 3.00 e. The Balaban J connectivity index is 0.0000168. The van der Waals surface area contributed by atoms with Crippen LogP contribution in [0, 0.1) is 39.9 Å². The normalized spacial score (nSPS) is 16.0. The zero-order valence-electron chi connectivity index (χ0n) is 31.9. The van der Waals surface area contributed by atoms with E-state index < -0.39 is 118 Å². The molecule has 1 aromatic heterocycles. The molecule has 0 aliphatic carbocycles. The molecule has 1 aliphatic rings. The molecule has 3 amide bonds. The number of pyridine rings is 1. The number of hydrogen-bond acceptors (Lipinski definition) is 19. The van der Waals surface area contributed by atoms with E-state index >= 15 is 0 Å². The Kier molecular flexibility index (Phi) is 25.9. The smallest absolute Gasteiger partial charge is 0.548 e. The Morgan fingerprint density at radius 3 is 1.09 bits per heavy atom. The number of nitrogens with zero attached hydrogens (tertiary/aromatic N) is 4. The Morgan fingerprint density at radius 2 is 0.810 bits per heavy atom. The van der Waals surface area contributed by atoms with Crippen LogP contribution in [0.5, 0.6) is 0 Å². The maximum absolute atomic E-state index is 12.7. The Hall–Kier alpha value is -3.07. The van der Waals surface area contributed by atoms with Crippen LogP contribution < -0.4 is 31.3 Å². The van der Waals surface area contributed by atoms with Gasteiger partial charge in [-0.25, -0.2) is 0 Å². The predicted molar refractivity (Wildman–Crippen MR) is 189 cm³/mol. The third kappa shape index (κ3) is 18.5. The first kappa shape index (κ1) is 53.0. The number of aliphatic hydroxyl groups is 6. The average molecular weight is 970 g/mol. The molecule has 2 heterocycles. The van der Waals surface area contributed by atoms with Gasteiger partial charge in [0.25, 0.3) is 0 Å². The molecule has 327 valence electrons. The monoisotopic (exact) mass is 970 g/mol. The first-order valence-electron chi connectivity index (χ1n) is 18.5. The van der Waals surface area contributed by atoms with Crippen molar-refractivity contribution in [2.75, 3.05) is 65.8 Å². The number of aromatic nitrogens is 1. The number of rotatable bonds is 24. The minimum atomic E-state index is -1.62. The summed E-state index contributed by atoms with van der Waals surface area (Å²) >= 11 is 0. The van der Waals surface area contributed by atoms with Gasteiger partial charge in [0.05, 0.1) is 99.1 Å². The zero-order valence-corrected chi connectivity index (χ0v) is 34.2. The molecule has 0 spiro atoms. The number of aliphatic carboxylic acids is 3. The topological polar surface area (TPSA) is 352 Å². The maximum atomic E-state index is 12.7. The molecule has 22 nitrogen and oxygen atoms in total. The minimum Gasteiger partial charge on any atom is -0.548 e. The van der Waals surface area contributed by atoms with Crippen molar-refractivity contribution < 1.29 is 115 Å². The number of carboxylic acids is 3. The molecular formula is C35H54GdN7O15. The summed E-state index contributed by atoms with van der Waals surface area (Å²) in [5, 5.41) is 101. The van der Waals surface area contributed by atoms with E-state index in [4.69, 9.17) is 0 Å². The van der Waals surface area contributed by atoms with E-state index in [0.29, 0.717) is 11.4 Å². The van der Waals surface area contributed by atoms with E-state index in [0.717, 1.165) is 0 Å².